The molecule has 0 fully saturated rings. The zero-order valence-electron chi connectivity index (χ0n) is 9.71. The van der Waals surface area contributed by atoms with Gasteiger partial charge in [0, 0.05) is 0 Å². The highest BCUT2D eigenvalue weighted by Gasteiger charge is 2.01. The highest BCUT2D eigenvalue weighted by Crippen LogP contribution is 2.16. The molecule has 0 aromatic heterocycles. The minimum absolute atomic E-state index is 0.250. The Bertz CT molecular complexity index is 298. The average Bonchev–Trinajstić information content (AvgIpc) is 2.12. The van der Waals surface area contributed by atoms with E-state index in [1.54, 1.807) is 0 Å². The molecule has 0 bridgehead atoms. The Morgan fingerprint density at radius 1 is 1.20 bits per heavy atom. The lowest BCUT2D eigenvalue weighted by atomic mass is 9.97. The van der Waals surface area contributed by atoms with Crippen LogP contribution in [0.2, 0.25) is 0 Å². The van der Waals surface area contributed by atoms with Crippen molar-refractivity contribution in [3.63, 3.8) is 0 Å². The minimum atomic E-state index is 0.250. The molecule has 0 unspecified atom stereocenters. The van der Waals surface area contributed by atoms with Gasteiger partial charge in [-0.15, -0.1) is 0 Å². The standard InChI is InChI=1S/C11H17N.CH3NO/c1-8-6-9(2)11(4-5-12)10(3)7-8;2-1-3/h6-7H,4-5,12H2,1-3H3;1H,(H2,2,3). The summed E-state index contributed by atoms with van der Waals surface area (Å²) in [5, 5.41) is 0. The summed E-state index contributed by atoms with van der Waals surface area (Å²) in [6.45, 7) is 7.19. The first-order valence-corrected chi connectivity index (χ1v) is 4.99. The Hall–Kier alpha value is -1.35. The van der Waals surface area contributed by atoms with Gasteiger partial charge in [-0.3, -0.25) is 4.79 Å². The van der Waals surface area contributed by atoms with Crippen LogP contribution in [0.15, 0.2) is 12.1 Å². The molecule has 1 aromatic rings. The van der Waals surface area contributed by atoms with E-state index in [2.05, 4.69) is 38.6 Å². The van der Waals surface area contributed by atoms with Crippen molar-refractivity contribution < 1.29 is 4.79 Å². The van der Waals surface area contributed by atoms with Gasteiger partial charge in [0.25, 0.3) is 0 Å². The molecule has 1 aromatic carbocycles. The van der Waals surface area contributed by atoms with Gasteiger partial charge in [0.1, 0.15) is 0 Å². The predicted molar refractivity (Wildman–Crippen MR) is 63.7 cm³/mol. The lowest BCUT2D eigenvalue weighted by Crippen LogP contribution is -2.06. The molecule has 0 aliphatic rings. The molecule has 1 amide bonds. The van der Waals surface area contributed by atoms with Gasteiger partial charge in [-0.2, -0.15) is 0 Å². The van der Waals surface area contributed by atoms with E-state index in [1.165, 1.54) is 22.3 Å². The Balaban J connectivity index is 0.000000583. The number of carbonyl (C=O) groups is 1. The molecule has 3 nitrogen and oxygen atoms in total. The first kappa shape index (κ1) is 13.7. The van der Waals surface area contributed by atoms with Gasteiger partial charge in [0.05, 0.1) is 0 Å². The average molecular weight is 208 g/mol. The first-order valence-electron chi connectivity index (χ1n) is 4.99. The molecule has 0 saturated heterocycles. The summed E-state index contributed by atoms with van der Waals surface area (Å²) < 4.78 is 0. The Labute approximate surface area is 91.5 Å². The lowest BCUT2D eigenvalue weighted by molar-refractivity contribution is -0.106. The molecule has 3 heteroatoms. The van der Waals surface area contributed by atoms with Crippen LogP contribution in [-0.4, -0.2) is 13.0 Å². The predicted octanol–water partition coefficient (Wildman–Crippen LogP) is 1.21. The molecule has 84 valence electrons. The second kappa shape index (κ2) is 7.01. The van der Waals surface area contributed by atoms with Crippen LogP contribution in [-0.2, 0) is 11.2 Å². The molecule has 15 heavy (non-hydrogen) atoms. The summed E-state index contributed by atoms with van der Waals surface area (Å²) in [7, 11) is 0. The third kappa shape index (κ3) is 4.61. The fourth-order valence-corrected chi connectivity index (χ4v) is 1.75. The van der Waals surface area contributed by atoms with Crippen molar-refractivity contribution in [3.8, 4) is 0 Å². The zero-order valence-corrected chi connectivity index (χ0v) is 9.71. The van der Waals surface area contributed by atoms with Gasteiger partial charge in [0.15, 0.2) is 0 Å². The maximum absolute atomic E-state index is 8.58. The maximum atomic E-state index is 8.58. The number of amides is 1. The number of nitrogens with two attached hydrogens (primary N) is 2. The molecule has 0 aliphatic carbocycles. The number of aryl methyl sites for hydroxylation is 3. The molecule has 4 N–H and O–H groups in total. The van der Waals surface area contributed by atoms with Gasteiger partial charge in [-0.1, -0.05) is 17.7 Å². The summed E-state index contributed by atoms with van der Waals surface area (Å²) in [4.78, 5) is 8.58. The number of primary amides is 1. The van der Waals surface area contributed by atoms with E-state index in [0.717, 1.165) is 13.0 Å². The lowest BCUT2D eigenvalue weighted by Gasteiger charge is -2.09. The third-order valence-corrected chi connectivity index (χ3v) is 2.23. The molecule has 1 rings (SSSR count). The Kier molecular flexibility index (Phi) is 6.38. The van der Waals surface area contributed by atoms with E-state index in [0.29, 0.717) is 0 Å². The summed E-state index contributed by atoms with van der Waals surface area (Å²) in [6.07, 6.45) is 1.25. The van der Waals surface area contributed by atoms with Gasteiger partial charge < -0.3 is 11.5 Å². The topological polar surface area (TPSA) is 69.1 Å². The highest BCUT2D eigenvalue weighted by atomic mass is 16.1. The quantitative estimate of drug-likeness (QED) is 0.717. The summed E-state index contributed by atoms with van der Waals surface area (Å²) in [5.74, 6) is 0. The fourth-order valence-electron chi connectivity index (χ4n) is 1.75. The second-order valence-electron chi connectivity index (χ2n) is 3.55. The van der Waals surface area contributed by atoms with Gasteiger partial charge in [-0.05, 0) is 50.4 Å². The van der Waals surface area contributed by atoms with Crippen molar-refractivity contribution in [2.45, 2.75) is 27.2 Å². The normalized spacial score (nSPS) is 9.07. The van der Waals surface area contributed by atoms with Crippen LogP contribution in [0.25, 0.3) is 0 Å². The number of rotatable bonds is 2. The maximum Gasteiger partial charge on any atom is 0.204 e. The zero-order chi connectivity index (χ0) is 11.8. The second-order valence-corrected chi connectivity index (χ2v) is 3.55. The largest absolute Gasteiger partial charge is 0.372 e. The smallest absolute Gasteiger partial charge is 0.204 e. The molecule has 0 aliphatic heterocycles. The van der Waals surface area contributed by atoms with Crippen molar-refractivity contribution in [1.82, 2.24) is 0 Å². The van der Waals surface area contributed by atoms with Gasteiger partial charge in [-0.25, -0.2) is 0 Å². The van der Waals surface area contributed by atoms with Crippen molar-refractivity contribution in [2.75, 3.05) is 6.54 Å². The molecule has 0 atom stereocenters. The first-order chi connectivity index (χ1) is 7.06. The molecule has 0 saturated carbocycles. The van der Waals surface area contributed by atoms with Crippen molar-refractivity contribution in [1.29, 1.82) is 0 Å². The minimum Gasteiger partial charge on any atom is -0.372 e. The Morgan fingerprint density at radius 2 is 1.60 bits per heavy atom. The highest BCUT2D eigenvalue weighted by molar-refractivity contribution is 5.42. The van der Waals surface area contributed by atoms with Crippen molar-refractivity contribution in [3.05, 3.63) is 34.4 Å². The van der Waals surface area contributed by atoms with Crippen molar-refractivity contribution >= 4 is 6.41 Å². The number of hydrogen-bond acceptors (Lipinski definition) is 2. The number of benzene rings is 1. The van der Waals surface area contributed by atoms with E-state index in [1.807, 2.05) is 0 Å². The van der Waals surface area contributed by atoms with E-state index in [9.17, 15) is 0 Å². The van der Waals surface area contributed by atoms with E-state index in [-0.39, 0.29) is 6.41 Å². The monoisotopic (exact) mass is 208 g/mol. The van der Waals surface area contributed by atoms with E-state index < -0.39 is 0 Å². The van der Waals surface area contributed by atoms with E-state index >= 15 is 0 Å². The summed E-state index contributed by atoms with van der Waals surface area (Å²) in [5.41, 5.74) is 15.2. The van der Waals surface area contributed by atoms with Gasteiger partial charge >= 0.3 is 0 Å². The SMILES string of the molecule is Cc1cc(C)c(CCN)c(C)c1.NC=O. The van der Waals surface area contributed by atoms with Crippen LogP contribution in [0.5, 0.6) is 0 Å². The van der Waals surface area contributed by atoms with Crippen LogP contribution < -0.4 is 11.5 Å². The molecular formula is C12H20N2O. The van der Waals surface area contributed by atoms with Crippen molar-refractivity contribution in [2.24, 2.45) is 11.5 Å². The fraction of sp³-hybridized carbons (Fsp3) is 0.417. The number of hydrogen-bond donors (Lipinski definition) is 2. The van der Waals surface area contributed by atoms with Crippen LogP contribution >= 0.6 is 0 Å². The summed E-state index contributed by atoms with van der Waals surface area (Å²) in [6, 6.07) is 4.44. The molecule has 0 heterocycles. The summed E-state index contributed by atoms with van der Waals surface area (Å²) >= 11 is 0. The Morgan fingerprint density at radius 3 is 1.93 bits per heavy atom. The molecular weight excluding hydrogens is 188 g/mol. The van der Waals surface area contributed by atoms with Gasteiger partial charge in [0.2, 0.25) is 6.41 Å². The van der Waals surface area contributed by atoms with Crippen LogP contribution in [0.1, 0.15) is 22.3 Å². The number of carbonyl (C=O) groups excluding carboxylic acids is 1. The molecule has 0 spiro atoms. The molecule has 0 radical (unpaired) electrons. The third-order valence-electron chi connectivity index (χ3n) is 2.23. The van der Waals surface area contributed by atoms with E-state index in [4.69, 9.17) is 10.5 Å². The van der Waals surface area contributed by atoms with Crippen LogP contribution in [0.4, 0.5) is 0 Å². The van der Waals surface area contributed by atoms with Crippen LogP contribution in [0, 0.1) is 20.8 Å². The van der Waals surface area contributed by atoms with Crippen LogP contribution in [0.3, 0.4) is 0 Å².